The van der Waals surface area contributed by atoms with Gasteiger partial charge in [0.25, 0.3) is 0 Å². The molecule has 1 heterocycles. The van der Waals surface area contributed by atoms with Gasteiger partial charge in [-0.3, -0.25) is 4.79 Å². The molecule has 0 spiro atoms. The minimum atomic E-state index is -4.98. The highest BCUT2D eigenvalue weighted by Crippen LogP contribution is 2.38. The molecule has 0 bridgehead atoms. The molecule has 0 unspecified atom stereocenters. The number of carbonyl (C=O) groups is 1. The number of aryl methyl sites for hydroxylation is 1. The topological polar surface area (TPSA) is 75.4 Å². The fraction of sp³-hybridized carbons (Fsp3) is 0.238. The third-order valence-corrected chi connectivity index (χ3v) is 4.51. The molecule has 5 nitrogen and oxygen atoms in total. The normalized spacial score (nSPS) is 13.6. The van der Waals surface area contributed by atoms with E-state index in [0.29, 0.717) is 11.3 Å². The summed E-state index contributed by atoms with van der Waals surface area (Å²) in [5, 5.41) is 12.3. The van der Waals surface area contributed by atoms with E-state index < -0.39 is 30.0 Å². The van der Waals surface area contributed by atoms with Crippen LogP contribution in [0.5, 0.6) is 0 Å². The molecule has 2 aromatic carbocycles. The number of carbonyl (C=O) groups excluding carboxylic acids is 1. The number of aliphatic hydroxyl groups is 1. The molecular weight excluding hydrogens is 404 g/mol. The first-order valence-electron chi connectivity index (χ1n) is 9.01. The van der Waals surface area contributed by atoms with Crippen molar-refractivity contribution in [1.82, 2.24) is 10.3 Å². The summed E-state index contributed by atoms with van der Waals surface area (Å²) in [4.78, 5) is 16.0. The van der Waals surface area contributed by atoms with Crippen LogP contribution in [0.4, 0.5) is 17.6 Å². The summed E-state index contributed by atoms with van der Waals surface area (Å²) in [6, 6.07) is 12.1. The molecule has 0 saturated heterocycles. The molecule has 1 atom stereocenters. The van der Waals surface area contributed by atoms with Crippen LogP contribution in [0.2, 0.25) is 0 Å². The second kappa shape index (κ2) is 8.66. The van der Waals surface area contributed by atoms with Crippen LogP contribution < -0.4 is 5.32 Å². The second-order valence-corrected chi connectivity index (χ2v) is 6.63. The predicted molar refractivity (Wildman–Crippen MR) is 99.6 cm³/mol. The van der Waals surface area contributed by atoms with Crippen molar-refractivity contribution in [3.8, 4) is 11.3 Å². The Hall–Kier alpha value is -3.20. The molecule has 0 aliphatic rings. The fourth-order valence-electron chi connectivity index (χ4n) is 2.79. The maximum absolute atomic E-state index is 13.4. The lowest BCUT2D eigenvalue weighted by Gasteiger charge is -2.31. The highest BCUT2D eigenvalue weighted by Gasteiger charge is 2.55. The molecule has 0 fully saturated rings. The third-order valence-electron chi connectivity index (χ3n) is 4.51. The molecular formula is C21H18F4N2O3. The van der Waals surface area contributed by atoms with Crippen LogP contribution in [0.3, 0.4) is 0 Å². The number of alkyl halides is 3. The summed E-state index contributed by atoms with van der Waals surface area (Å²) in [6.07, 6.45) is -3.71. The minimum absolute atomic E-state index is 0.0445. The van der Waals surface area contributed by atoms with Crippen molar-refractivity contribution in [3.63, 3.8) is 0 Å². The Morgan fingerprint density at radius 2 is 1.73 bits per heavy atom. The van der Waals surface area contributed by atoms with Crippen molar-refractivity contribution in [2.75, 3.05) is 6.54 Å². The van der Waals surface area contributed by atoms with Gasteiger partial charge in [-0.2, -0.15) is 13.2 Å². The second-order valence-electron chi connectivity index (χ2n) is 6.63. The number of rotatable bonds is 7. The predicted octanol–water partition coefficient (Wildman–Crippen LogP) is 3.98. The van der Waals surface area contributed by atoms with Crippen molar-refractivity contribution >= 4 is 5.91 Å². The smallest absolute Gasteiger partial charge is 0.423 e. The Kier molecular flexibility index (Phi) is 6.21. The molecule has 158 valence electrons. The van der Waals surface area contributed by atoms with Crippen molar-refractivity contribution in [2.45, 2.75) is 24.6 Å². The first-order valence-corrected chi connectivity index (χ1v) is 9.01. The van der Waals surface area contributed by atoms with Gasteiger partial charge in [-0.15, -0.1) is 0 Å². The summed E-state index contributed by atoms with van der Waals surface area (Å²) in [6.45, 7) is -1.02. The van der Waals surface area contributed by atoms with Gasteiger partial charge in [-0.1, -0.05) is 30.3 Å². The number of nitrogens with zero attached hydrogens (tertiary/aromatic N) is 1. The van der Waals surface area contributed by atoms with Crippen LogP contribution in [0, 0.1) is 5.82 Å². The van der Waals surface area contributed by atoms with Crippen molar-refractivity contribution in [1.29, 1.82) is 0 Å². The Morgan fingerprint density at radius 3 is 2.37 bits per heavy atom. The van der Waals surface area contributed by atoms with Gasteiger partial charge in [-0.25, -0.2) is 9.37 Å². The standard InChI is InChI=1S/C21H18F4N2O3/c22-16-8-6-14(7-9-16)17-12-26-19(30-17)11-10-18(28)27-13-20(29,21(23,24)25)15-4-2-1-3-5-15/h1-9,12,29H,10-11,13H2,(H,27,28)/t20-/m1/s1. The van der Waals surface area contributed by atoms with E-state index >= 15 is 0 Å². The summed E-state index contributed by atoms with van der Waals surface area (Å²) in [5.41, 5.74) is -2.98. The van der Waals surface area contributed by atoms with Crippen LogP contribution in [0.25, 0.3) is 11.3 Å². The van der Waals surface area contributed by atoms with Crippen LogP contribution in [-0.2, 0) is 16.8 Å². The zero-order chi connectivity index (χ0) is 21.8. The molecule has 0 aliphatic heterocycles. The SMILES string of the molecule is O=C(CCc1ncc(-c2ccc(F)cc2)o1)NC[C@@](O)(c1ccccc1)C(F)(F)F. The van der Waals surface area contributed by atoms with Gasteiger partial charge in [-0.05, 0) is 29.8 Å². The molecule has 3 aromatic rings. The number of hydrogen-bond acceptors (Lipinski definition) is 4. The molecule has 2 N–H and O–H groups in total. The van der Waals surface area contributed by atoms with E-state index in [1.54, 1.807) is 0 Å². The number of aromatic nitrogens is 1. The minimum Gasteiger partial charge on any atom is -0.441 e. The Labute approximate surface area is 169 Å². The molecule has 0 saturated carbocycles. The monoisotopic (exact) mass is 422 g/mol. The molecule has 1 amide bonds. The summed E-state index contributed by atoms with van der Waals surface area (Å²) >= 11 is 0. The average molecular weight is 422 g/mol. The van der Waals surface area contributed by atoms with Crippen LogP contribution in [0.15, 0.2) is 65.2 Å². The van der Waals surface area contributed by atoms with E-state index in [4.69, 9.17) is 4.42 Å². The molecule has 30 heavy (non-hydrogen) atoms. The maximum atomic E-state index is 13.4. The van der Waals surface area contributed by atoms with E-state index in [2.05, 4.69) is 10.3 Å². The highest BCUT2D eigenvalue weighted by molar-refractivity contribution is 5.76. The average Bonchev–Trinajstić information content (AvgIpc) is 3.20. The summed E-state index contributed by atoms with van der Waals surface area (Å²) in [5.74, 6) is -0.515. The Balaban J connectivity index is 1.58. The lowest BCUT2D eigenvalue weighted by molar-refractivity contribution is -0.264. The maximum Gasteiger partial charge on any atom is 0.423 e. The zero-order valence-electron chi connectivity index (χ0n) is 15.6. The van der Waals surface area contributed by atoms with Crippen LogP contribution >= 0.6 is 0 Å². The van der Waals surface area contributed by atoms with Crippen molar-refractivity contribution in [3.05, 3.63) is 78.1 Å². The lowest BCUT2D eigenvalue weighted by atomic mass is 9.93. The van der Waals surface area contributed by atoms with Gasteiger partial charge in [0.15, 0.2) is 11.7 Å². The number of amides is 1. The summed E-state index contributed by atoms with van der Waals surface area (Å²) in [7, 11) is 0. The molecule has 0 aliphatic carbocycles. The largest absolute Gasteiger partial charge is 0.441 e. The Morgan fingerprint density at radius 1 is 1.07 bits per heavy atom. The van der Waals surface area contributed by atoms with Gasteiger partial charge >= 0.3 is 6.18 Å². The quantitative estimate of drug-likeness (QED) is 0.565. The lowest BCUT2D eigenvalue weighted by Crippen LogP contribution is -2.51. The number of benzene rings is 2. The van der Waals surface area contributed by atoms with E-state index in [-0.39, 0.29) is 24.3 Å². The first kappa shape index (κ1) is 21.5. The van der Waals surface area contributed by atoms with E-state index in [9.17, 15) is 27.5 Å². The van der Waals surface area contributed by atoms with Gasteiger partial charge < -0.3 is 14.8 Å². The molecule has 9 heteroatoms. The van der Waals surface area contributed by atoms with E-state index in [0.717, 1.165) is 12.1 Å². The van der Waals surface area contributed by atoms with Crippen molar-refractivity contribution < 1.29 is 31.9 Å². The van der Waals surface area contributed by atoms with E-state index in [1.807, 2.05) is 0 Å². The number of nitrogens with one attached hydrogen (secondary N) is 1. The number of oxazole rings is 1. The third kappa shape index (κ3) is 4.85. The fourth-order valence-corrected chi connectivity index (χ4v) is 2.79. The molecule has 0 radical (unpaired) electrons. The van der Waals surface area contributed by atoms with Crippen LogP contribution in [0.1, 0.15) is 17.9 Å². The number of hydrogen-bond donors (Lipinski definition) is 2. The van der Waals surface area contributed by atoms with Crippen molar-refractivity contribution in [2.24, 2.45) is 0 Å². The highest BCUT2D eigenvalue weighted by atomic mass is 19.4. The zero-order valence-corrected chi connectivity index (χ0v) is 15.6. The molecule has 1 aromatic heterocycles. The van der Waals surface area contributed by atoms with Gasteiger partial charge in [0, 0.05) is 18.4 Å². The van der Waals surface area contributed by atoms with Gasteiger partial charge in [0.05, 0.1) is 12.7 Å². The van der Waals surface area contributed by atoms with Gasteiger partial charge in [0.2, 0.25) is 11.5 Å². The summed E-state index contributed by atoms with van der Waals surface area (Å²) < 4.78 is 58.8. The van der Waals surface area contributed by atoms with E-state index in [1.165, 1.54) is 48.7 Å². The van der Waals surface area contributed by atoms with Gasteiger partial charge in [0.1, 0.15) is 5.82 Å². The number of halogens is 4. The van der Waals surface area contributed by atoms with Crippen LogP contribution in [-0.4, -0.2) is 28.7 Å². The Bertz CT molecular complexity index is 987. The first-order chi connectivity index (χ1) is 14.2. The molecule has 3 rings (SSSR count).